The highest BCUT2D eigenvalue weighted by Crippen LogP contribution is 2.22. The van der Waals surface area contributed by atoms with Crippen LogP contribution in [0.15, 0.2) is 58.4 Å². The molecule has 1 aliphatic rings. The van der Waals surface area contributed by atoms with Gasteiger partial charge in [0.05, 0.1) is 31.8 Å². The van der Waals surface area contributed by atoms with Crippen LogP contribution in [0.3, 0.4) is 0 Å². The second-order valence-corrected chi connectivity index (χ2v) is 8.80. The lowest BCUT2D eigenvalue weighted by atomic mass is 10.1. The van der Waals surface area contributed by atoms with E-state index in [1.54, 1.807) is 18.0 Å². The predicted octanol–water partition coefficient (Wildman–Crippen LogP) is 3.20. The zero-order valence-electron chi connectivity index (χ0n) is 19.7. The molecule has 0 saturated carbocycles. The highest BCUT2D eigenvalue weighted by Gasteiger charge is 2.24. The molecule has 1 unspecified atom stereocenters. The number of ether oxygens (including phenoxy) is 2. The van der Waals surface area contributed by atoms with Crippen LogP contribution in [0.5, 0.6) is 5.75 Å². The van der Waals surface area contributed by atoms with E-state index in [-0.39, 0.29) is 23.9 Å². The summed E-state index contributed by atoms with van der Waals surface area (Å²) in [4.78, 5) is 32.0. The molecular weight excluding hydrogens is 432 g/mol. The van der Waals surface area contributed by atoms with Crippen LogP contribution < -0.4 is 16.0 Å². The van der Waals surface area contributed by atoms with Gasteiger partial charge in [0.25, 0.3) is 5.56 Å². The van der Waals surface area contributed by atoms with Gasteiger partial charge >= 0.3 is 5.69 Å². The van der Waals surface area contributed by atoms with Gasteiger partial charge in [0.1, 0.15) is 5.75 Å². The molecule has 1 atom stereocenters. The van der Waals surface area contributed by atoms with Crippen molar-refractivity contribution in [3.63, 3.8) is 0 Å². The zero-order valence-corrected chi connectivity index (χ0v) is 19.7. The number of hydrogen-bond acceptors (Lipinski definition) is 5. The smallest absolute Gasteiger partial charge is 0.337 e. The molecule has 4 aromatic rings. The fourth-order valence-electron chi connectivity index (χ4n) is 4.74. The molecule has 3 heterocycles. The number of benzene rings is 2. The van der Waals surface area contributed by atoms with Crippen LogP contribution in [0.2, 0.25) is 0 Å². The maximum Gasteiger partial charge on any atom is 0.337 e. The fourth-order valence-corrected chi connectivity index (χ4v) is 4.74. The summed E-state index contributed by atoms with van der Waals surface area (Å²) in [6.45, 7) is 5.25. The largest absolute Gasteiger partial charge is 0.497 e. The molecule has 2 aromatic carbocycles. The van der Waals surface area contributed by atoms with Crippen molar-refractivity contribution in [3.05, 3.63) is 86.3 Å². The van der Waals surface area contributed by atoms with Gasteiger partial charge in [0.15, 0.2) is 11.2 Å². The highest BCUT2D eigenvalue weighted by atomic mass is 16.5. The Morgan fingerprint density at radius 1 is 1.09 bits per heavy atom. The van der Waals surface area contributed by atoms with Crippen LogP contribution in [0.1, 0.15) is 29.5 Å². The van der Waals surface area contributed by atoms with Gasteiger partial charge in [-0.3, -0.25) is 9.36 Å². The van der Waals surface area contributed by atoms with Crippen molar-refractivity contribution >= 4 is 11.2 Å². The average Bonchev–Trinajstić information content (AvgIpc) is 3.49. The summed E-state index contributed by atoms with van der Waals surface area (Å²) in [5.41, 5.74) is 3.67. The normalized spacial score (nSPS) is 15.8. The van der Waals surface area contributed by atoms with Crippen molar-refractivity contribution in [3.8, 4) is 11.4 Å². The summed E-state index contributed by atoms with van der Waals surface area (Å²) in [6, 6.07) is 13.6. The van der Waals surface area contributed by atoms with Crippen LogP contribution in [-0.4, -0.2) is 38.5 Å². The Kier molecular flexibility index (Phi) is 5.83. The number of imidazole rings is 1. The summed E-state index contributed by atoms with van der Waals surface area (Å²) in [7, 11) is 1.63. The molecule has 0 aliphatic carbocycles. The van der Waals surface area contributed by atoms with E-state index in [9.17, 15) is 9.59 Å². The quantitative estimate of drug-likeness (QED) is 0.442. The molecule has 0 bridgehead atoms. The fraction of sp³-hybridized carbons (Fsp3) is 0.346. The second kappa shape index (κ2) is 8.95. The molecule has 8 nitrogen and oxygen atoms in total. The van der Waals surface area contributed by atoms with Gasteiger partial charge in [-0.15, -0.1) is 0 Å². The Morgan fingerprint density at radius 3 is 2.47 bits per heavy atom. The number of rotatable bonds is 6. The summed E-state index contributed by atoms with van der Waals surface area (Å²) < 4.78 is 15.7. The molecule has 5 rings (SSSR count). The van der Waals surface area contributed by atoms with Crippen molar-refractivity contribution in [2.24, 2.45) is 0 Å². The van der Waals surface area contributed by atoms with Crippen molar-refractivity contribution < 1.29 is 9.47 Å². The first kappa shape index (κ1) is 22.2. The summed E-state index contributed by atoms with van der Waals surface area (Å²) >= 11 is 0. The van der Waals surface area contributed by atoms with Crippen LogP contribution in [0, 0.1) is 13.8 Å². The lowest BCUT2D eigenvalue weighted by Gasteiger charge is -2.17. The molecule has 1 saturated heterocycles. The number of nitrogens with zero attached hydrogens (tertiary/aromatic N) is 4. The molecule has 8 heteroatoms. The Balaban J connectivity index is 1.73. The van der Waals surface area contributed by atoms with Crippen molar-refractivity contribution in [2.45, 2.75) is 45.9 Å². The number of aryl methyl sites for hydroxylation is 2. The lowest BCUT2D eigenvalue weighted by molar-refractivity contribution is 0.0950. The van der Waals surface area contributed by atoms with Crippen LogP contribution in [0.25, 0.3) is 16.9 Å². The van der Waals surface area contributed by atoms with E-state index < -0.39 is 0 Å². The Hall–Kier alpha value is -3.65. The van der Waals surface area contributed by atoms with Crippen molar-refractivity contribution in [1.29, 1.82) is 0 Å². The van der Waals surface area contributed by atoms with Gasteiger partial charge in [0, 0.05) is 13.2 Å². The Labute approximate surface area is 197 Å². The monoisotopic (exact) mass is 460 g/mol. The number of methoxy groups -OCH3 is 1. The minimum Gasteiger partial charge on any atom is -0.497 e. The summed E-state index contributed by atoms with van der Waals surface area (Å²) in [5.74, 6) is 0.766. The topological polar surface area (TPSA) is 80.3 Å². The van der Waals surface area contributed by atoms with Crippen LogP contribution >= 0.6 is 0 Å². The number of fused-ring (bicyclic) bond motifs is 1. The molecule has 0 radical (unpaired) electrons. The van der Waals surface area contributed by atoms with Crippen LogP contribution in [-0.2, 0) is 17.8 Å². The summed E-state index contributed by atoms with van der Waals surface area (Å²) in [5, 5.41) is 0. The third kappa shape index (κ3) is 3.84. The first-order valence-electron chi connectivity index (χ1n) is 11.5. The molecule has 34 heavy (non-hydrogen) atoms. The number of hydrogen-bond donors (Lipinski definition) is 0. The van der Waals surface area contributed by atoms with Gasteiger partial charge in [-0.1, -0.05) is 30.3 Å². The van der Waals surface area contributed by atoms with E-state index in [1.807, 2.05) is 60.9 Å². The number of aromatic nitrogens is 4. The molecule has 1 fully saturated rings. The van der Waals surface area contributed by atoms with Crippen molar-refractivity contribution in [1.82, 2.24) is 18.7 Å². The third-order valence-electron chi connectivity index (χ3n) is 6.49. The SMILES string of the molecule is COc1ccc(Cn2cnc3c2c(=O)n(CC2CCCO2)c(=O)n3-c2c(C)cccc2C)cc1. The van der Waals surface area contributed by atoms with Gasteiger partial charge in [-0.2, -0.15) is 0 Å². The van der Waals surface area contributed by atoms with Gasteiger partial charge in [-0.25, -0.2) is 14.3 Å². The van der Waals surface area contributed by atoms with E-state index in [0.717, 1.165) is 41.0 Å². The minimum absolute atomic E-state index is 0.146. The molecule has 176 valence electrons. The number of para-hydroxylation sites is 1. The molecular formula is C26H28N4O4. The summed E-state index contributed by atoms with van der Waals surface area (Å²) in [6.07, 6.45) is 3.25. The Morgan fingerprint density at radius 2 is 1.82 bits per heavy atom. The molecule has 0 amide bonds. The Bertz CT molecular complexity index is 1440. The first-order chi connectivity index (χ1) is 16.5. The lowest BCUT2D eigenvalue weighted by Crippen LogP contribution is -2.42. The van der Waals surface area contributed by atoms with Gasteiger partial charge in [-0.05, 0) is 55.5 Å². The molecule has 0 N–H and O–H groups in total. The third-order valence-corrected chi connectivity index (χ3v) is 6.49. The van der Waals surface area contributed by atoms with Gasteiger partial charge in [0.2, 0.25) is 0 Å². The van der Waals surface area contributed by atoms with E-state index in [1.165, 1.54) is 4.57 Å². The second-order valence-electron chi connectivity index (χ2n) is 8.80. The standard InChI is InChI=1S/C26H28N4O4/c1-17-6-4-7-18(2)22(17)30-24-23(25(31)29(26(30)32)15-21-8-5-13-34-21)28(16-27-24)14-19-9-11-20(33-3)12-10-19/h4,6-7,9-12,16,21H,5,8,13-15H2,1-3H3. The highest BCUT2D eigenvalue weighted by molar-refractivity contribution is 5.73. The zero-order chi connectivity index (χ0) is 23.8. The minimum atomic E-state index is -0.389. The maximum absolute atomic E-state index is 13.7. The van der Waals surface area contributed by atoms with E-state index in [2.05, 4.69) is 4.98 Å². The molecule has 0 spiro atoms. The van der Waals surface area contributed by atoms with E-state index >= 15 is 0 Å². The van der Waals surface area contributed by atoms with E-state index in [4.69, 9.17) is 9.47 Å². The van der Waals surface area contributed by atoms with Crippen molar-refractivity contribution in [2.75, 3.05) is 13.7 Å². The van der Waals surface area contributed by atoms with E-state index in [0.29, 0.717) is 24.3 Å². The predicted molar refractivity (Wildman–Crippen MR) is 130 cm³/mol. The molecule has 2 aromatic heterocycles. The van der Waals surface area contributed by atoms with Crippen LogP contribution in [0.4, 0.5) is 0 Å². The maximum atomic E-state index is 13.7. The van der Waals surface area contributed by atoms with Gasteiger partial charge < -0.3 is 14.0 Å². The average molecular weight is 461 g/mol. The molecule has 1 aliphatic heterocycles. The first-order valence-corrected chi connectivity index (χ1v) is 11.5.